The molecule has 23 heavy (non-hydrogen) atoms. The molecule has 7 heteroatoms. The minimum absolute atomic E-state index is 0.117. The van der Waals surface area contributed by atoms with Crippen molar-refractivity contribution in [3.63, 3.8) is 0 Å². The highest BCUT2D eigenvalue weighted by molar-refractivity contribution is 7.10. The molecule has 0 bridgehead atoms. The summed E-state index contributed by atoms with van der Waals surface area (Å²) in [6, 6.07) is 3.99. The lowest BCUT2D eigenvalue weighted by Crippen LogP contribution is -2.25. The van der Waals surface area contributed by atoms with Crippen molar-refractivity contribution in [1.82, 2.24) is 14.7 Å². The fraction of sp³-hybridized carbons (Fsp3) is 0.438. The molecule has 124 valence electrons. The van der Waals surface area contributed by atoms with Crippen molar-refractivity contribution in [3.05, 3.63) is 35.2 Å². The molecule has 0 aliphatic carbocycles. The summed E-state index contributed by atoms with van der Waals surface area (Å²) in [5.41, 5.74) is 2.33. The predicted molar refractivity (Wildman–Crippen MR) is 95.4 cm³/mol. The minimum atomic E-state index is -0.117. The van der Waals surface area contributed by atoms with Crippen LogP contribution < -0.4 is 15.5 Å². The third-order valence-electron chi connectivity index (χ3n) is 3.67. The number of nitrogens with one attached hydrogen (secondary N) is 2. The van der Waals surface area contributed by atoms with Crippen LogP contribution >= 0.6 is 11.5 Å². The van der Waals surface area contributed by atoms with Crippen molar-refractivity contribution in [2.45, 2.75) is 27.3 Å². The van der Waals surface area contributed by atoms with Gasteiger partial charge in [0.2, 0.25) is 0 Å². The van der Waals surface area contributed by atoms with Crippen molar-refractivity contribution < 1.29 is 4.79 Å². The highest BCUT2D eigenvalue weighted by Crippen LogP contribution is 2.23. The van der Waals surface area contributed by atoms with Gasteiger partial charge in [0.05, 0.1) is 11.3 Å². The number of pyridine rings is 1. The molecule has 0 atom stereocenters. The summed E-state index contributed by atoms with van der Waals surface area (Å²) in [4.78, 5) is 19.0. The van der Waals surface area contributed by atoms with E-state index < -0.39 is 0 Å². The molecule has 6 nitrogen and oxygen atoms in total. The van der Waals surface area contributed by atoms with Crippen LogP contribution in [-0.2, 0) is 6.54 Å². The molecule has 0 saturated heterocycles. The van der Waals surface area contributed by atoms with Crippen molar-refractivity contribution >= 4 is 28.3 Å². The van der Waals surface area contributed by atoms with Gasteiger partial charge in [-0.25, -0.2) is 4.98 Å². The molecule has 2 rings (SSSR count). The lowest BCUT2D eigenvalue weighted by Gasteiger charge is -2.19. The molecule has 0 unspecified atom stereocenters. The largest absolute Gasteiger partial charge is 0.378 e. The number of hydrogen-bond donors (Lipinski definition) is 2. The van der Waals surface area contributed by atoms with Gasteiger partial charge in [0, 0.05) is 32.9 Å². The van der Waals surface area contributed by atoms with Crippen molar-refractivity contribution in [3.8, 4) is 0 Å². The molecule has 2 heterocycles. The normalized spacial score (nSPS) is 10.4. The second kappa shape index (κ2) is 7.92. The smallest absolute Gasteiger partial charge is 0.256 e. The second-order valence-electron chi connectivity index (χ2n) is 5.10. The molecule has 0 spiro atoms. The Morgan fingerprint density at radius 1 is 1.30 bits per heavy atom. The standard InChI is InChI=1S/C16H23N5OS/c1-5-21(6-2)13-8-7-12(9-18-13)10-19-15(22)14-11(3)20-23-16(14)17-4/h7-9,17H,5-6,10H2,1-4H3,(H,19,22). The van der Waals surface area contributed by atoms with E-state index in [9.17, 15) is 4.79 Å². The summed E-state index contributed by atoms with van der Waals surface area (Å²) in [5, 5.41) is 6.72. The van der Waals surface area contributed by atoms with E-state index in [1.54, 1.807) is 7.05 Å². The fourth-order valence-corrected chi connectivity index (χ4v) is 3.08. The molecule has 0 saturated carbocycles. The van der Waals surface area contributed by atoms with Crippen LogP contribution in [0.1, 0.15) is 35.5 Å². The van der Waals surface area contributed by atoms with Gasteiger partial charge >= 0.3 is 0 Å². The van der Waals surface area contributed by atoms with E-state index in [1.807, 2.05) is 25.3 Å². The Labute approximate surface area is 141 Å². The number of anilines is 2. The maximum absolute atomic E-state index is 12.3. The Bertz CT molecular complexity index is 649. The fourth-order valence-electron chi connectivity index (χ4n) is 2.33. The van der Waals surface area contributed by atoms with Crippen molar-refractivity contribution in [2.24, 2.45) is 0 Å². The monoisotopic (exact) mass is 333 g/mol. The highest BCUT2D eigenvalue weighted by atomic mass is 32.1. The molecule has 0 aromatic carbocycles. The van der Waals surface area contributed by atoms with Crippen LogP contribution in [0, 0.1) is 6.92 Å². The number of amides is 1. The number of nitrogens with zero attached hydrogens (tertiary/aromatic N) is 3. The summed E-state index contributed by atoms with van der Waals surface area (Å²) in [6.45, 7) is 8.36. The Kier molecular flexibility index (Phi) is 5.92. The number of rotatable bonds is 7. The second-order valence-corrected chi connectivity index (χ2v) is 5.88. The molecule has 2 aromatic heterocycles. The first-order valence-corrected chi connectivity index (χ1v) is 8.50. The molecule has 0 fully saturated rings. The number of carbonyl (C=O) groups is 1. The molecule has 0 radical (unpaired) electrons. The van der Waals surface area contributed by atoms with Gasteiger partial charge in [0.15, 0.2) is 0 Å². The Hall–Kier alpha value is -2.15. The van der Waals surface area contributed by atoms with E-state index in [1.165, 1.54) is 11.5 Å². The van der Waals surface area contributed by atoms with Crippen LogP contribution in [0.3, 0.4) is 0 Å². The van der Waals surface area contributed by atoms with E-state index >= 15 is 0 Å². The van der Waals surface area contributed by atoms with E-state index in [2.05, 4.69) is 38.7 Å². The topological polar surface area (TPSA) is 70.2 Å². The van der Waals surface area contributed by atoms with Crippen LogP contribution in [0.4, 0.5) is 10.8 Å². The van der Waals surface area contributed by atoms with E-state index in [0.717, 1.165) is 35.2 Å². The summed E-state index contributed by atoms with van der Waals surface area (Å²) in [5.74, 6) is 0.842. The zero-order chi connectivity index (χ0) is 16.8. The Morgan fingerprint density at radius 3 is 2.61 bits per heavy atom. The van der Waals surface area contributed by atoms with Gasteiger partial charge < -0.3 is 15.5 Å². The molecule has 2 aromatic rings. The van der Waals surface area contributed by atoms with Crippen LogP contribution in [0.2, 0.25) is 0 Å². The Balaban J connectivity index is 2.00. The van der Waals surface area contributed by atoms with Crippen molar-refractivity contribution in [2.75, 3.05) is 30.4 Å². The van der Waals surface area contributed by atoms with Crippen LogP contribution in [0.25, 0.3) is 0 Å². The van der Waals surface area contributed by atoms with E-state index in [4.69, 9.17) is 0 Å². The van der Waals surface area contributed by atoms with Gasteiger partial charge in [-0.05, 0) is 43.9 Å². The van der Waals surface area contributed by atoms with Gasteiger partial charge in [-0.15, -0.1) is 0 Å². The SMILES string of the molecule is CCN(CC)c1ccc(CNC(=O)c2c(C)nsc2NC)cn1. The summed E-state index contributed by atoms with van der Waals surface area (Å²) < 4.78 is 4.21. The van der Waals surface area contributed by atoms with Gasteiger partial charge in [0.25, 0.3) is 5.91 Å². The number of aromatic nitrogens is 2. The molecule has 2 N–H and O–H groups in total. The highest BCUT2D eigenvalue weighted by Gasteiger charge is 2.17. The molecule has 0 aliphatic heterocycles. The lowest BCUT2D eigenvalue weighted by molar-refractivity contribution is 0.0951. The van der Waals surface area contributed by atoms with Gasteiger partial charge in [0.1, 0.15) is 10.8 Å². The third-order valence-corrected chi connectivity index (χ3v) is 4.62. The van der Waals surface area contributed by atoms with E-state index in [0.29, 0.717) is 12.1 Å². The average Bonchev–Trinajstić information content (AvgIpc) is 2.95. The maximum atomic E-state index is 12.3. The van der Waals surface area contributed by atoms with Gasteiger partial charge in [-0.2, -0.15) is 4.37 Å². The summed E-state index contributed by atoms with van der Waals surface area (Å²) in [6.07, 6.45) is 1.81. The number of hydrogen-bond acceptors (Lipinski definition) is 6. The molecule has 1 amide bonds. The predicted octanol–water partition coefficient (Wildman–Crippen LogP) is 2.66. The molecular weight excluding hydrogens is 310 g/mol. The first kappa shape index (κ1) is 17.2. The molecule has 0 aliphatic rings. The molecular formula is C16H23N5OS. The number of aryl methyl sites for hydroxylation is 1. The van der Waals surface area contributed by atoms with Crippen LogP contribution in [0.15, 0.2) is 18.3 Å². The lowest BCUT2D eigenvalue weighted by atomic mass is 10.2. The third kappa shape index (κ3) is 3.98. The average molecular weight is 333 g/mol. The minimum Gasteiger partial charge on any atom is -0.378 e. The van der Waals surface area contributed by atoms with Gasteiger partial charge in [-0.1, -0.05) is 6.07 Å². The quantitative estimate of drug-likeness (QED) is 0.815. The van der Waals surface area contributed by atoms with E-state index in [-0.39, 0.29) is 5.91 Å². The zero-order valence-electron chi connectivity index (χ0n) is 14.0. The maximum Gasteiger partial charge on any atom is 0.256 e. The number of carbonyl (C=O) groups excluding carboxylic acids is 1. The summed E-state index contributed by atoms with van der Waals surface area (Å²) in [7, 11) is 1.79. The van der Waals surface area contributed by atoms with Crippen molar-refractivity contribution in [1.29, 1.82) is 0 Å². The summed E-state index contributed by atoms with van der Waals surface area (Å²) >= 11 is 1.30. The zero-order valence-corrected chi connectivity index (χ0v) is 14.8. The Morgan fingerprint density at radius 2 is 2.04 bits per heavy atom. The van der Waals surface area contributed by atoms with Crippen LogP contribution in [0.5, 0.6) is 0 Å². The first-order chi connectivity index (χ1) is 11.1. The first-order valence-electron chi connectivity index (χ1n) is 7.72. The van der Waals surface area contributed by atoms with Crippen LogP contribution in [-0.4, -0.2) is 35.4 Å². The van der Waals surface area contributed by atoms with Gasteiger partial charge in [-0.3, -0.25) is 4.79 Å².